The minimum Gasteiger partial charge on any atom is -0.431 e. The van der Waals surface area contributed by atoms with Crippen LogP contribution in [0, 0.1) is 10.1 Å². The first-order chi connectivity index (χ1) is 10.1. The molecule has 1 aliphatic rings. The fourth-order valence-corrected chi connectivity index (χ4v) is 2.14. The Labute approximate surface area is 122 Å². The SMILES string of the molecule is O=C(Oc1ccc([N+](=O)[O-])cc1)O[C@H]1CC/C=C\CCC1. The summed E-state index contributed by atoms with van der Waals surface area (Å²) in [6, 6.07) is 5.31. The highest BCUT2D eigenvalue weighted by Gasteiger charge is 2.16. The second-order valence-electron chi connectivity index (χ2n) is 4.82. The standard InChI is InChI=1S/C15H17NO5/c17-15(20-13-6-4-2-1-3-5-7-13)21-14-10-8-12(9-11-14)16(18)19/h1-2,8-11,13H,3-7H2/b2-1-/t13-/m0/s1. The molecule has 0 N–H and O–H groups in total. The fraction of sp³-hybridized carbons (Fsp3) is 0.400. The summed E-state index contributed by atoms with van der Waals surface area (Å²) < 4.78 is 10.3. The van der Waals surface area contributed by atoms with Crippen LogP contribution in [0.4, 0.5) is 10.5 Å². The number of benzene rings is 1. The number of carbonyl (C=O) groups excluding carboxylic acids is 1. The van der Waals surface area contributed by atoms with Crippen molar-refractivity contribution in [3.8, 4) is 5.75 Å². The van der Waals surface area contributed by atoms with Gasteiger partial charge in [-0.3, -0.25) is 10.1 Å². The van der Waals surface area contributed by atoms with Crippen LogP contribution in [-0.4, -0.2) is 17.2 Å². The van der Waals surface area contributed by atoms with Crippen LogP contribution in [0.3, 0.4) is 0 Å². The van der Waals surface area contributed by atoms with Gasteiger partial charge in [0.15, 0.2) is 0 Å². The molecule has 0 amide bonds. The third kappa shape index (κ3) is 4.91. The van der Waals surface area contributed by atoms with Crippen molar-refractivity contribution in [3.05, 3.63) is 46.5 Å². The molecule has 0 bridgehead atoms. The van der Waals surface area contributed by atoms with Crippen molar-refractivity contribution in [3.63, 3.8) is 0 Å². The Bertz CT molecular complexity index is 523. The minimum absolute atomic E-state index is 0.0532. The fourth-order valence-electron chi connectivity index (χ4n) is 2.14. The average molecular weight is 291 g/mol. The van der Waals surface area contributed by atoms with Gasteiger partial charge in [0.2, 0.25) is 0 Å². The van der Waals surface area contributed by atoms with Gasteiger partial charge in [0, 0.05) is 12.1 Å². The number of rotatable bonds is 3. The number of allylic oxidation sites excluding steroid dienone is 2. The van der Waals surface area contributed by atoms with E-state index in [1.165, 1.54) is 24.3 Å². The monoisotopic (exact) mass is 291 g/mol. The van der Waals surface area contributed by atoms with E-state index in [4.69, 9.17) is 9.47 Å². The van der Waals surface area contributed by atoms with Crippen molar-refractivity contribution in [2.45, 2.75) is 38.2 Å². The van der Waals surface area contributed by atoms with Crippen LogP contribution in [0.5, 0.6) is 5.75 Å². The molecule has 1 atom stereocenters. The van der Waals surface area contributed by atoms with E-state index < -0.39 is 11.1 Å². The molecule has 0 aliphatic heterocycles. The molecule has 0 saturated heterocycles. The van der Waals surface area contributed by atoms with Crippen LogP contribution in [0.2, 0.25) is 0 Å². The van der Waals surface area contributed by atoms with Crippen molar-refractivity contribution < 1.29 is 19.2 Å². The minimum atomic E-state index is -0.765. The van der Waals surface area contributed by atoms with E-state index >= 15 is 0 Å². The maximum atomic E-state index is 11.7. The molecule has 1 aromatic carbocycles. The zero-order chi connectivity index (χ0) is 15.1. The lowest BCUT2D eigenvalue weighted by Gasteiger charge is -2.17. The average Bonchev–Trinajstić information content (AvgIpc) is 2.42. The normalized spacial score (nSPS) is 19.9. The number of nitrogens with zero attached hydrogens (tertiary/aromatic N) is 1. The Morgan fingerprint density at radius 2 is 1.86 bits per heavy atom. The second-order valence-corrected chi connectivity index (χ2v) is 4.82. The smallest absolute Gasteiger partial charge is 0.431 e. The molecular formula is C15H17NO5. The number of hydrogen-bond donors (Lipinski definition) is 0. The number of hydrogen-bond acceptors (Lipinski definition) is 5. The zero-order valence-corrected chi connectivity index (χ0v) is 11.6. The molecule has 0 fully saturated rings. The maximum absolute atomic E-state index is 11.7. The zero-order valence-electron chi connectivity index (χ0n) is 11.6. The van der Waals surface area contributed by atoms with Crippen LogP contribution in [-0.2, 0) is 4.74 Å². The predicted molar refractivity (Wildman–Crippen MR) is 76.2 cm³/mol. The van der Waals surface area contributed by atoms with Gasteiger partial charge in [-0.25, -0.2) is 4.79 Å². The van der Waals surface area contributed by atoms with Crippen molar-refractivity contribution in [1.29, 1.82) is 0 Å². The summed E-state index contributed by atoms with van der Waals surface area (Å²) in [6.45, 7) is 0. The van der Waals surface area contributed by atoms with E-state index in [0.717, 1.165) is 32.1 Å². The molecule has 0 unspecified atom stereocenters. The van der Waals surface area contributed by atoms with Gasteiger partial charge in [0.1, 0.15) is 11.9 Å². The molecule has 1 aromatic rings. The van der Waals surface area contributed by atoms with Gasteiger partial charge in [-0.15, -0.1) is 0 Å². The molecule has 6 heteroatoms. The Kier molecular flexibility index (Phi) is 5.31. The summed E-state index contributed by atoms with van der Waals surface area (Å²) in [5, 5.41) is 10.5. The van der Waals surface area contributed by atoms with E-state index in [1.807, 2.05) is 0 Å². The van der Waals surface area contributed by atoms with Gasteiger partial charge in [0.05, 0.1) is 4.92 Å². The van der Waals surface area contributed by atoms with Gasteiger partial charge in [0.25, 0.3) is 5.69 Å². The highest BCUT2D eigenvalue weighted by atomic mass is 16.7. The first-order valence-corrected chi connectivity index (χ1v) is 6.93. The van der Waals surface area contributed by atoms with Gasteiger partial charge in [-0.2, -0.15) is 0 Å². The van der Waals surface area contributed by atoms with E-state index in [2.05, 4.69) is 12.2 Å². The lowest BCUT2D eigenvalue weighted by molar-refractivity contribution is -0.384. The van der Waals surface area contributed by atoms with E-state index in [-0.39, 0.29) is 17.5 Å². The first-order valence-electron chi connectivity index (χ1n) is 6.93. The highest BCUT2D eigenvalue weighted by Crippen LogP contribution is 2.20. The first kappa shape index (κ1) is 15.0. The number of carbonyl (C=O) groups is 1. The molecule has 0 radical (unpaired) electrons. The Balaban J connectivity index is 1.85. The molecule has 1 aliphatic carbocycles. The molecular weight excluding hydrogens is 274 g/mol. The molecule has 6 nitrogen and oxygen atoms in total. The van der Waals surface area contributed by atoms with E-state index in [0.29, 0.717) is 0 Å². The molecule has 0 aromatic heterocycles. The van der Waals surface area contributed by atoms with Crippen LogP contribution < -0.4 is 4.74 Å². The summed E-state index contributed by atoms with van der Waals surface area (Å²) in [5.41, 5.74) is -0.0532. The molecule has 21 heavy (non-hydrogen) atoms. The molecule has 112 valence electrons. The van der Waals surface area contributed by atoms with Crippen LogP contribution in [0.25, 0.3) is 0 Å². The summed E-state index contributed by atoms with van der Waals surface area (Å²) in [7, 11) is 0. The summed E-state index contributed by atoms with van der Waals surface area (Å²) >= 11 is 0. The Hall–Kier alpha value is -2.37. The lowest BCUT2D eigenvalue weighted by atomic mass is 10.0. The van der Waals surface area contributed by atoms with Gasteiger partial charge < -0.3 is 9.47 Å². The second kappa shape index (κ2) is 7.42. The lowest BCUT2D eigenvalue weighted by Crippen LogP contribution is -2.21. The topological polar surface area (TPSA) is 78.7 Å². The van der Waals surface area contributed by atoms with Gasteiger partial charge in [-0.05, 0) is 44.2 Å². The summed E-state index contributed by atoms with van der Waals surface area (Å²) in [5.74, 6) is 0.233. The number of nitro benzene ring substituents is 1. The molecule has 0 heterocycles. The highest BCUT2D eigenvalue weighted by molar-refractivity contribution is 5.64. The third-order valence-electron chi connectivity index (χ3n) is 3.23. The molecule has 0 saturated carbocycles. The molecule has 0 spiro atoms. The number of non-ortho nitro benzene ring substituents is 1. The predicted octanol–water partition coefficient (Wildman–Crippen LogP) is 4.00. The third-order valence-corrected chi connectivity index (χ3v) is 3.23. The van der Waals surface area contributed by atoms with E-state index in [9.17, 15) is 14.9 Å². The summed E-state index contributed by atoms with van der Waals surface area (Å²) in [6.07, 6.45) is 7.80. The van der Waals surface area contributed by atoms with Crippen molar-refractivity contribution in [2.24, 2.45) is 0 Å². The van der Waals surface area contributed by atoms with Crippen molar-refractivity contribution >= 4 is 11.8 Å². The van der Waals surface area contributed by atoms with Crippen molar-refractivity contribution in [2.75, 3.05) is 0 Å². The van der Waals surface area contributed by atoms with Crippen molar-refractivity contribution in [1.82, 2.24) is 0 Å². The summed E-state index contributed by atoms with van der Waals surface area (Å²) in [4.78, 5) is 21.7. The number of nitro groups is 1. The Morgan fingerprint density at radius 1 is 1.14 bits per heavy atom. The molecule has 2 rings (SSSR count). The largest absolute Gasteiger partial charge is 0.514 e. The number of ether oxygens (including phenoxy) is 2. The van der Waals surface area contributed by atoms with Gasteiger partial charge in [-0.1, -0.05) is 12.2 Å². The van der Waals surface area contributed by atoms with E-state index in [1.54, 1.807) is 0 Å². The van der Waals surface area contributed by atoms with Gasteiger partial charge >= 0.3 is 6.16 Å². The van der Waals surface area contributed by atoms with Crippen LogP contribution >= 0.6 is 0 Å². The van der Waals surface area contributed by atoms with Crippen LogP contribution in [0.15, 0.2) is 36.4 Å². The van der Waals surface area contributed by atoms with Crippen LogP contribution in [0.1, 0.15) is 32.1 Å². The Morgan fingerprint density at radius 3 is 2.57 bits per heavy atom. The quantitative estimate of drug-likeness (QED) is 0.276. The maximum Gasteiger partial charge on any atom is 0.514 e.